The van der Waals surface area contributed by atoms with Crippen LogP contribution in [0.1, 0.15) is 52.0 Å². The number of halogens is 1. The van der Waals surface area contributed by atoms with Gasteiger partial charge >= 0.3 is 5.97 Å². The maximum Gasteiger partial charge on any atom is 0.332 e. The smallest absolute Gasteiger partial charge is 0.332 e. The molecule has 5 nitrogen and oxygen atoms in total. The van der Waals surface area contributed by atoms with E-state index in [0.29, 0.717) is 0 Å². The number of aromatic nitrogens is 1. The average molecular weight is 399 g/mol. The third-order valence-electron chi connectivity index (χ3n) is 4.03. The van der Waals surface area contributed by atoms with Crippen molar-refractivity contribution in [3.63, 3.8) is 0 Å². The number of rotatable bonds is 4. The van der Waals surface area contributed by atoms with Gasteiger partial charge in [0, 0.05) is 11.8 Å². The molecule has 1 aliphatic heterocycles. The predicted molar refractivity (Wildman–Crippen MR) is 96.7 cm³/mol. The van der Waals surface area contributed by atoms with Gasteiger partial charge in [-0.1, -0.05) is 6.07 Å². The molecule has 2 heterocycles. The van der Waals surface area contributed by atoms with Gasteiger partial charge in [0.1, 0.15) is 16.8 Å². The molecule has 1 unspecified atom stereocenters. The first-order valence-electron chi connectivity index (χ1n) is 8.49. The van der Waals surface area contributed by atoms with Crippen LogP contribution in [0.5, 0.6) is 0 Å². The molecule has 1 saturated heterocycles. The van der Waals surface area contributed by atoms with Gasteiger partial charge in [-0.25, -0.2) is 9.78 Å². The van der Waals surface area contributed by atoms with Gasteiger partial charge in [-0.05, 0) is 81.5 Å². The molecule has 24 heavy (non-hydrogen) atoms. The molecule has 0 bridgehead atoms. The molecule has 0 saturated carbocycles. The summed E-state index contributed by atoms with van der Waals surface area (Å²) < 4.78 is 12.3. The molecule has 0 spiro atoms. The van der Waals surface area contributed by atoms with Gasteiger partial charge < -0.3 is 14.8 Å². The van der Waals surface area contributed by atoms with Crippen LogP contribution in [0.2, 0.25) is 0 Å². The Bertz CT molecular complexity index is 532. The summed E-state index contributed by atoms with van der Waals surface area (Å²) in [6, 6.07) is 3.94. The fraction of sp³-hybridized carbons (Fsp3) is 0.667. The van der Waals surface area contributed by atoms with Crippen LogP contribution in [0, 0.1) is 0 Å². The molecule has 1 fully saturated rings. The molecule has 134 valence electrons. The second-order valence-corrected chi connectivity index (χ2v) is 8.01. The summed E-state index contributed by atoms with van der Waals surface area (Å²) in [4.78, 5) is 16.4. The van der Waals surface area contributed by atoms with Crippen LogP contribution in [0.25, 0.3) is 0 Å². The molecule has 1 N–H and O–H groups in total. The average Bonchev–Trinajstić information content (AvgIpc) is 2.46. The minimum absolute atomic E-state index is 0.0483. The van der Waals surface area contributed by atoms with Crippen molar-refractivity contribution in [3.8, 4) is 0 Å². The van der Waals surface area contributed by atoms with Crippen molar-refractivity contribution in [2.24, 2.45) is 0 Å². The van der Waals surface area contributed by atoms with Gasteiger partial charge in [0.2, 0.25) is 0 Å². The van der Waals surface area contributed by atoms with Crippen molar-refractivity contribution in [3.05, 3.63) is 28.5 Å². The highest BCUT2D eigenvalue weighted by Crippen LogP contribution is 2.36. The Morgan fingerprint density at radius 1 is 1.29 bits per heavy atom. The van der Waals surface area contributed by atoms with Gasteiger partial charge in [-0.2, -0.15) is 0 Å². The molecule has 0 aromatic carbocycles. The Kier molecular flexibility index (Phi) is 6.78. The van der Waals surface area contributed by atoms with Crippen molar-refractivity contribution in [1.29, 1.82) is 0 Å². The van der Waals surface area contributed by atoms with Crippen molar-refractivity contribution in [2.45, 2.75) is 57.7 Å². The van der Waals surface area contributed by atoms with E-state index in [1.165, 1.54) is 0 Å². The number of nitrogens with zero attached hydrogens (tertiary/aromatic N) is 1. The minimum Gasteiger partial charge on any atom is -0.458 e. The van der Waals surface area contributed by atoms with Crippen molar-refractivity contribution < 1.29 is 14.3 Å². The zero-order chi connectivity index (χ0) is 17.6. The van der Waals surface area contributed by atoms with Gasteiger partial charge in [0.25, 0.3) is 0 Å². The second kappa shape index (κ2) is 8.41. The number of pyridine rings is 1. The lowest BCUT2D eigenvalue weighted by Crippen LogP contribution is -2.38. The Labute approximate surface area is 152 Å². The van der Waals surface area contributed by atoms with E-state index < -0.39 is 11.2 Å². The van der Waals surface area contributed by atoms with E-state index in [1.807, 2.05) is 39.1 Å². The Balaban J connectivity index is 2.15. The lowest BCUT2D eigenvalue weighted by Gasteiger charge is -2.36. The van der Waals surface area contributed by atoms with E-state index in [1.54, 1.807) is 0 Å². The number of esters is 1. The molecule has 0 amide bonds. The number of hydrogen-bond acceptors (Lipinski definition) is 5. The van der Waals surface area contributed by atoms with Crippen molar-refractivity contribution in [2.75, 3.05) is 19.7 Å². The van der Waals surface area contributed by atoms with Crippen molar-refractivity contribution in [1.82, 2.24) is 10.3 Å². The third kappa shape index (κ3) is 5.83. The maximum atomic E-state index is 12.1. The van der Waals surface area contributed by atoms with Crippen LogP contribution in [0.4, 0.5) is 0 Å². The number of carbonyl (C=O) groups excluding carboxylic acids is 1. The van der Waals surface area contributed by atoms with Crippen molar-refractivity contribution >= 4 is 21.9 Å². The van der Waals surface area contributed by atoms with Gasteiger partial charge in [-0.3, -0.25) is 0 Å². The molecule has 6 heteroatoms. The molecule has 0 radical (unpaired) electrons. The molecule has 1 aromatic heterocycles. The van der Waals surface area contributed by atoms with Gasteiger partial charge in [0.05, 0.1) is 5.60 Å². The van der Waals surface area contributed by atoms with Gasteiger partial charge in [0.15, 0.2) is 0 Å². The summed E-state index contributed by atoms with van der Waals surface area (Å²) in [5.41, 5.74) is 0.00534. The number of hydrogen-bond donors (Lipinski definition) is 1. The van der Waals surface area contributed by atoms with E-state index in [9.17, 15) is 4.79 Å². The SMILES string of the molecule is CC(C)(C)OC(=O)COC1(c2ccc(Br)nc2)CCCCNCC1. The van der Waals surface area contributed by atoms with Gasteiger partial charge in [-0.15, -0.1) is 0 Å². The molecule has 1 aromatic rings. The fourth-order valence-electron chi connectivity index (χ4n) is 2.93. The summed E-state index contributed by atoms with van der Waals surface area (Å²) in [7, 11) is 0. The molecular weight excluding hydrogens is 372 g/mol. The highest BCUT2D eigenvalue weighted by molar-refractivity contribution is 9.10. The minimum atomic E-state index is -0.505. The summed E-state index contributed by atoms with van der Waals surface area (Å²) in [6.07, 6.45) is 5.65. The Morgan fingerprint density at radius 3 is 2.75 bits per heavy atom. The molecular formula is C18H27BrN2O3. The first-order chi connectivity index (χ1) is 11.3. The highest BCUT2D eigenvalue weighted by Gasteiger charge is 2.35. The topological polar surface area (TPSA) is 60.5 Å². The Hall–Kier alpha value is -0.980. The molecule has 1 aliphatic rings. The van der Waals surface area contributed by atoms with E-state index in [-0.39, 0.29) is 12.6 Å². The number of ether oxygens (including phenoxy) is 2. The van der Waals surface area contributed by atoms with Crippen LogP contribution >= 0.6 is 15.9 Å². The quantitative estimate of drug-likeness (QED) is 0.620. The second-order valence-electron chi connectivity index (χ2n) is 7.20. The zero-order valence-electron chi connectivity index (χ0n) is 14.7. The van der Waals surface area contributed by atoms with E-state index in [4.69, 9.17) is 9.47 Å². The lowest BCUT2D eigenvalue weighted by atomic mass is 9.85. The fourth-order valence-corrected chi connectivity index (χ4v) is 3.17. The van der Waals surface area contributed by atoms with Crippen LogP contribution in [-0.2, 0) is 19.9 Å². The Morgan fingerprint density at radius 2 is 2.08 bits per heavy atom. The zero-order valence-corrected chi connectivity index (χ0v) is 16.3. The summed E-state index contributed by atoms with van der Waals surface area (Å²) in [5, 5.41) is 3.42. The van der Waals surface area contributed by atoms with Crippen LogP contribution < -0.4 is 5.32 Å². The largest absolute Gasteiger partial charge is 0.458 e. The van der Waals surface area contributed by atoms with Crippen LogP contribution in [-0.4, -0.2) is 36.3 Å². The normalized spacial score (nSPS) is 22.5. The van der Waals surface area contributed by atoms with Crippen LogP contribution in [0.15, 0.2) is 22.9 Å². The molecule has 0 aliphatic carbocycles. The standard InChI is InChI=1S/C18H27BrN2O3/c1-17(2,3)24-16(22)13-23-18(8-4-5-10-20-11-9-18)14-6-7-15(19)21-12-14/h6-7,12,20H,4-5,8-11,13H2,1-3H3. The van der Waals surface area contributed by atoms with E-state index >= 15 is 0 Å². The van der Waals surface area contributed by atoms with Crippen LogP contribution in [0.3, 0.4) is 0 Å². The first kappa shape index (κ1) is 19.3. The summed E-state index contributed by atoms with van der Waals surface area (Å²) >= 11 is 3.37. The lowest BCUT2D eigenvalue weighted by molar-refractivity contribution is -0.169. The highest BCUT2D eigenvalue weighted by atomic mass is 79.9. The first-order valence-corrected chi connectivity index (χ1v) is 9.29. The van der Waals surface area contributed by atoms with E-state index in [2.05, 4.69) is 26.2 Å². The third-order valence-corrected chi connectivity index (χ3v) is 4.50. The maximum absolute atomic E-state index is 12.1. The summed E-state index contributed by atoms with van der Waals surface area (Å²) in [5.74, 6) is -0.332. The number of carbonyl (C=O) groups is 1. The summed E-state index contributed by atoms with van der Waals surface area (Å²) in [6.45, 7) is 7.41. The predicted octanol–water partition coefficient (Wildman–Crippen LogP) is 3.56. The molecule has 1 atom stereocenters. The molecule has 2 rings (SSSR count). The number of nitrogens with one attached hydrogen (secondary N) is 1. The van der Waals surface area contributed by atoms with E-state index in [0.717, 1.165) is 48.9 Å². The monoisotopic (exact) mass is 398 g/mol.